The molecule has 1 heterocycles. The topological polar surface area (TPSA) is 99.2 Å². The van der Waals surface area contributed by atoms with E-state index in [2.05, 4.69) is 10.1 Å². The predicted molar refractivity (Wildman–Crippen MR) is 76.4 cm³/mol. The van der Waals surface area contributed by atoms with Crippen molar-refractivity contribution >= 4 is 5.84 Å². The van der Waals surface area contributed by atoms with Gasteiger partial charge < -0.3 is 25.2 Å². The van der Waals surface area contributed by atoms with Crippen LogP contribution in [0.3, 0.4) is 0 Å². The van der Waals surface area contributed by atoms with E-state index in [0.29, 0.717) is 28.7 Å². The molecule has 0 aliphatic heterocycles. The van der Waals surface area contributed by atoms with E-state index in [0.717, 1.165) is 0 Å². The first-order valence-electron chi connectivity index (χ1n) is 6.01. The van der Waals surface area contributed by atoms with Crippen molar-refractivity contribution < 1.29 is 19.4 Å². The fourth-order valence-corrected chi connectivity index (χ4v) is 1.61. The van der Waals surface area contributed by atoms with Crippen LogP contribution in [0.5, 0.6) is 23.1 Å². The van der Waals surface area contributed by atoms with Crippen molar-refractivity contribution in [1.82, 2.24) is 4.98 Å². The minimum Gasteiger partial charge on any atom is -0.496 e. The van der Waals surface area contributed by atoms with Crippen LogP contribution in [0.25, 0.3) is 0 Å². The summed E-state index contributed by atoms with van der Waals surface area (Å²) >= 11 is 0. The molecular formula is C14H15N3O4. The zero-order valence-electron chi connectivity index (χ0n) is 11.6. The molecule has 0 atom stereocenters. The maximum Gasteiger partial charge on any atom is 0.219 e. The number of nitrogens with two attached hydrogens (primary N) is 1. The van der Waals surface area contributed by atoms with Gasteiger partial charge in [0.25, 0.3) is 0 Å². The average Bonchev–Trinajstić information content (AvgIpc) is 2.54. The Labute approximate surface area is 121 Å². The van der Waals surface area contributed by atoms with Crippen LogP contribution < -0.4 is 19.9 Å². The van der Waals surface area contributed by atoms with E-state index in [9.17, 15) is 0 Å². The number of aromatic nitrogens is 1. The van der Waals surface area contributed by atoms with Crippen LogP contribution in [0.15, 0.2) is 41.7 Å². The Hall–Kier alpha value is -2.96. The van der Waals surface area contributed by atoms with Gasteiger partial charge in [-0.05, 0) is 6.07 Å². The molecule has 2 rings (SSSR count). The largest absolute Gasteiger partial charge is 0.496 e. The molecule has 1 aromatic heterocycles. The molecule has 0 radical (unpaired) electrons. The molecule has 0 aliphatic carbocycles. The van der Waals surface area contributed by atoms with Gasteiger partial charge in [-0.25, -0.2) is 4.98 Å². The summed E-state index contributed by atoms with van der Waals surface area (Å²) in [6.07, 6.45) is 1.45. The summed E-state index contributed by atoms with van der Waals surface area (Å²) in [5, 5.41) is 11.5. The van der Waals surface area contributed by atoms with Crippen LogP contribution >= 0.6 is 0 Å². The Morgan fingerprint density at radius 2 is 1.71 bits per heavy atom. The Balaban J connectivity index is 2.21. The van der Waals surface area contributed by atoms with E-state index in [4.69, 9.17) is 25.2 Å². The second kappa shape index (κ2) is 6.47. The van der Waals surface area contributed by atoms with Gasteiger partial charge in [0.05, 0.1) is 14.2 Å². The number of hydrogen-bond acceptors (Lipinski definition) is 6. The van der Waals surface area contributed by atoms with Gasteiger partial charge >= 0.3 is 0 Å². The molecule has 7 nitrogen and oxygen atoms in total. The fraction of sp³-hybridized carbons (Fsp3) is 0.143. The van der Waals surface area contributed by atoms with Gasteiger partial charge in [-0.2, -0.15) is 0 Å². The monoisotopic (exact) mass is 289 g/mol. The summed E-state index contributed by atoms with van der Waals surface area (Å²) in [6.45, 7) is 0. The fourth-order valence-electron chi connectivity index (χ4n) is 1.61. The molecule has 0 aliphatic rings. The van der Waals surface area contributed by atoms with Crippen LogP contribution in [-0.2, 0) is 0 Å². The van der Waals surface area contributed by atoms with Crippen LogP contribution in [0, 0.1) is 0 Å². The van der Waals surface area contributed by atoms with E-state index in [1.54, 1.807) is 44.6 Å². The summed E-state index contributed by atoms with van der Waals surface area (Å²) in [5.41, 5.74) is 5.95. The number of hydrogen-bond donors (Lipinski definition) is 2. The third-order valence-corrected chi connectivity index (χ3v) is 2.69. The minimum absolute atomic E-state index is 0.0166. The molecule has 0 saturated heterocycles. The summed E-state index contributed by atoms with van der Waals surface area (Å²) in [6, 6.07) is 8.40. The molecule has 0 amide bonds. The van der Waals surface area contributed by atoms with Crippen LogP contribution in [0.1, 0.15) is 5.56 Å². The Morgan fingerprint density at radius 3 is 2.19 bits per heavy atom. The second-order valence-corrected chi connectivity index (χ2v) is 4.02. The smallest absolute Gasteiger partial charge is 0.219 e. The Kier molecular flexibility index (Phi) is 4.45. The molecule has 0 unspecified atom stereocenters. The van der Waals surface area contributed by atoms with Crippen LogP contribution in [-0.4, -0.2) is 30.2 Å². The molecule has 3 N–H and O–H groups in total. The molecule has 110 valence electrons. The Bertz CT molecular complexity index is 619. The first kappa shape index (κ1) is 14.4. The SMILES string of the molecule is COc1cc(OC)cc(Oc2ccc(/C(N)=N/O)cn2)c1. The minimum atomic E-state index is -0.0166. The molecule has 0 bridgehead atoms. The highest BCUT2D eigenvalue weighted by atomic mass is 16.5. The highest BCUT2D eigenvalue weighted by Crippen LogP contribution is 2.30. The van der Waals surface area contributed by atoms with Crippen molar-refractivity contribution in [1.29, 1.82) is 0 Å². The highest BCUT2D eigenvalue weighted by Gasteiger charge is 2.06. The molecule has 21 heavy (non-hydrogen) atoms. The van der Waals surface area contributed by atoms with Crippen molar-refractivity contribution in [2.24, 2.45) is 10.9 Å². The molecule has 0 saturated carbocycles. The average molecular weight is 289 g/mol. The zero-order valence-corrected chi connectivity index (χ0v) is 11.6. The van der Waals surface area contributed by atoms with Crippen molar-refractivity contribution in [3.63, 3.8) is 0 Å². The number of oxime groups is 1. The third kappa shape index (κ3) is 3.53. The summed E-state index contributed by atoms with van der Waals surface area (Å²) in [5.74, 6) is 2.09. The molecule has 2 aromatic rings. The standard InChI is InChI=1S/C14H15N3O4/c1-19-10-5-11(20-2)7-12(6-10)21-13-4-3-9(8-16-13)14(15)17-18/h3-8,18H,1-2H3,(H2,15,17). The quantitative estimate of drug-likeness (QED) is 0.378. The number of ether oxygens (including phenoxy) is 3. The van der Waals surface area contributed by atoms with Crippen LogP contribution in [0.4, 0.5) is 0 Å². The number of rotatable bonds is 5. The molecule has 0 fully saturated rings. The lowest BCUT2D eigenvalue weighted by Crippen LogP contribution is -2.13. The number of amidine groups is 1. The van der Waals surface area contributed by atoms with Gasteiger partial charge in [-0.1, -0.05) is 5.16 Å². The van der Waals surface area contributed by atoms with E-state index >= 15 is 0 Å². The lowest BCUT2D eigenvalue weighted by atomic mass is 10.2. The second-order valence-electron chi connectivity index (χ2n) is 4.02. The molecule has 1 aromatic carbocycles. The van der Waals surface area contributed by atoms with Gasteiger partial charge in [-0.15, -0.1) is 0 Å². The number of benzene rings is 1. The maximum absolute atomic E-state index is 8.58. The Morgan fingerprint density at radius 1 is 1.10 bits per heavy atom. The van der Waals surface area contributed by atoms with Gasteiger partial charge in [0, 0.05) is 36.0 Å². The number of methoxy groups -OCH3 is 2. The summed E-state index contributed by atoms with van der Waals surface area (Å²) in [7, 11) is 3.12. The lowest BCUT2D eigenvalue weighted by Gasteiger charge is -2.09. The first-order chi connectivity index (χ1) is 10.2. The first-order valence-corrected chi connectivity index (χ1v) is 6.01. The van der Waals surface area contributed by atoms with E-state index in [1.807, 2.05) is 0 Å². The predicted octanol–water partition coefficient (Wildman–Crippen LogP) is 1.99. The van der Waals surface area contributed by atoms with E-state index in [-0.39, 0.29) is 5.84 Å². The number of nitrogens with zero attached hydrogens (tertiary/aromatic N) is 2. The molecule has 0 spiro atoms. The maximum atomic E-state index is 8.58. The normalized spacial score (nSPS) is 11.0. The lowest BCUT2D eigenvalue weighted by molar-refractivity contribution is 0.318. The highest BCUT2D eigenvalue weighted by molar-refractivity contribution is 5.96. The van der Waals surface area contributed by atoms with Crippen molar-refractivity contribution in [3.05, 3.63) is 42.1 Å². The van der Waals surface area contributed by atoms with Gasteiger partial charge in [0.15, 0.2) is 5.84 Å². The van der Waals surface area contributed by atoms with Gasteiger partial charge in [0.1, 0.15) is 17.2 Å². The third-order valence-electron chi connectivity index (χ3n) is 2.69. The van der Waals surface area contributed by atoms with Crippen molar-refractivity contribution in [2.45, 2.75) is 0 Å². The molecule has 7 heteroatoms. The zero-order chi connectivity index (χ0) is 15.2. The van der Waals surface area contributed by atoms with Gasteiger partial charge in [-0.3, -0.25) is 0 Å². The summed E-state index contributed by atoms with van der Waals surface area (Å²) < 4.78 is 15.9. The van der Waals surface area contributed by atoms with Crippen molar-refractivity contribution in [2.75, 3.05) is 14.2 Å². The number of pyridine rings is 1. The summed E-state index contributed by atoms with van der Waals surface area (Å²) in [4.78, 5) is 4.08. The van der Waals surface area contributed by atoms with E-state index in [1.165, 1.54) is 6.20 Å². The van der Waals surface area contributed by atoms with Crippen LogP contribution in [0.2, 0.25) is 0 Å². The molecular weight excluding hydrogens is 274 g/mol. The van der Waals surface area contributed by atoms with Gasteiger partial charge in [0.2, 0.25) is 5.88 Å². The van der Waals surface area contributed by atoms with E-state index < -0.39 is 0 Å². The van der Waals surface area contributed by atoms with Crippen molar-refractivity contribution in [3.8, 4) is 23.1 Å².